The van der Waals surface area contributed by atoms with Crippen molar-refractivity contribution in [2.24, 2.45) is 0 Å². The summed E-state index contributed by atoms with van der Waals surface area (Å²) < 4.78 is 34.0. The van der Waals surface area contributed by atoms with Crippen molar-refractivity contribution in [3.05, 3.63) is 95.1 Å². The van der Waals surface area contributed by atoms with Gasteiger partial charge < -0.3 is 23.1 Å². The average molecular weight is 781 g/mol. The summed E-state index contributed by atoms with van der Waals surface area (Å²) in [7, 11) is -4.13. The van der Waals surface area contributed by atoms with E-state index in [4.69, 9.17) is 23.1 Å². The van der Waals surface area contributed by atoms with Crippen LogP contribution in [0.25, 0.3) is 0 Å². The summed E-state index contributed by atoms with van der Waals surface area (Å²) in [6.45, 7) is 38.0. The molecule has 0 unspecified atom stereocenters. The van der Waals surface area contributed by atoms with Gasteiger partial charge >= 0.3 is 0 Å². The Hall–Kier alpha value is -3.53. The topological polar surface area (TPSA) is 46.2 Å². The first-order valence-corrected chi connectivity index (χ1v) is 23.0. The summed E-state index contributed by atoms with van der Waals surface area (Å²) in [4.78, 5) is 0. The van der Waals surface area contributed by atoms with E-state index in [1.54, 1.807) is 0 Å². The fraction of sp³-hybridized carbons (Fsp3) is 0.500. The summed E-state index contributed by atoms with van der Waals surface area (Å²) in [5.41, 5.74) is 3.82. The zero-order valence-corrected chi connectivity index (χ0v) is 38.8. The van der Waals surface area contributed by atoms with Crippen molar-refractivity contribution >= 4 is 38.8 Å². The van der Waals surface area contributed by atoms with Crippen LogP contribution in [0.4, 0.5) is 0 Å². The van der Waals surface area contributed by atoms with Gasteiger partial charge in [0.1, 0.15) is 23.0 Å². The van der Waals surface area contributed by atoms with E-state index in [9.17, 15) is 0 Å². The molecule has 2 radical (unpaired) electrons. The van der Waals surface area contributed by atoms with Gasteiger partial charge in [0.25, 0.3) is 18.1 Å². The molecule has 7 heteroatoms. The molecule has 0 aliphatic carbocycles. The van der Waals surface area contributed by atoms with E-state index in [1.165, 1.54) is 43.0 Å². The van der Waals surface area contributed by atoms with Gasteiger partial charge in [0.05, 0.1) is 26.4 Å². The predicted molar refractivity (Wildman–Crippen MR) is 236 cm³/mol. The van der Waals surface area contributed by atoms with Gasteiger partial charge in [-0.25, -0.2) is 0 Å². The molecule has 55 heavy (non-hydrogen) atoms. The first-order valence-electron chi connectivity index (χ1n) is 20.2. The van der Waals surface area contributed by atoms with Crippen molar-refractivity contribution in [3.63, 3.8) is 0 Å². The van der Waals surface area contributed by atoms with Gasteiger partial charge in [0.2, 0.25) is 0 Å². The Balaban J connectivity index is 2.28. The monoisotopic (exact) mass is 780 g/mol. The van der Waals surface area contributed by atoms with Crippen LogP contribution in [0.3, 0.4) is 0 Å². The lowest BCUT2D eigenvalue weighted by Gasteiger charge is -2.36. The molecule has 4 aromatic carbocycles. The molecule has 0 saturated carbocycles. The molecule has 4 rings (SSSR count). The Bertz CT molecular complexity index is 1620. The van der Waals surface area contributed by atoms with Crippen LogP contribution in [0.2, 0.25) is 0 Å². The summed E-state index contributed by atoms with van der Waals surface area (Å²) in [5.74, 6) is 3.64. The standard InChI is InChI=1S/C48H68O5Si2/c1-17-49-33-25-21-29-37(41(33)45(5,6)7)54(38-30-22-26-34(50-18-2)42(38)46(8,9)10)53-55(39-31-23-27-35(51-19-3)43(39)47(11,12)13)40-32-24-28-36(52-20-4)44(40)48(14,15)16/h21-32H,17-20H2,1-16H3. The van der Waals surface area contributed by atoms with Crippen molar-refractivity contribution < 1.29 is 23.1 Å². The third kappa shape index (κ3) is 10.1. The average Bonchev–Trinajstić information content (AvgIpc) is 3.07. The number of benzene rings is 4. The van der Waals surface area contributed by atoms with E-state index in [0.29, 0.717) is 26.4 Å². The molecule has 0 aliphatic heterocycles. The quantitative estimate of drug-likeness (QED) is 0.119. The van der Waals surface area contributed by atoms with Crippen molar-refractivity contribution in [1.82, 2.24) is 0 Å². The summed E-state index contributed by atoms with van der Waals surface area (Å²) in [6, 6.07) is 26.2. The minimum absolute atomic E-state index is 0.233. The van der Waals surface area contributed by atoms with Crippen molar-refractivity contribution in [2.45, 2.75) is 132 Å². The van der Waals surface area contributed by atoms with Gasteiger partial charge in [-0.2, -0.15) is 0 Å². The number of hydrogen-bond acceptors (Lipinski definition) is 5. The minimum Gasteiger partial charge on any atom is -0.494 e. The number of ether oxygens (including phenoxy) is 4. The van der Waals surface area contributed by atoms with Gasteiger partial charge in [-0.3, -0.25) is 0 Å². The van der Waals surface area contributed by atoms with E-state index in [0.717, 1.165) is 23.0 Å². The Morgan fingerprint density at radius 3 is 0.709 bits per heavy atom. The summed E-state index contributed by atoms with van der Waals surface area (Å²) >= 11 is 0. The molecule has 4 aromatic rings. The molecular weight excluding hydrogens is 713 g/mol. The molecule has 5 nitrogen and oxygen atoms in total. The zero-order chi connectivity index (χ0) is 40.9. The highest BCUT2D eigenvalue weighted by atomic mass is 28.4. The van der Waals surface area contributed by atoms with Crippen LogP contribution in [0, 0.1) is 0 Å². The summed E-state index contributed by atoms with van der Waals surface area (Å²) in [6.07, 6.45) is 0. The van der Waals surface area contributed by atoms with Gasteiger partial charge in [0, 0.05) is 22.3 Å². The molecule has 0 aromatic heterocycles. The second-order valence-corrected chi connectivity index (χ2v) is 22.5. The van der Waals surface area contributed by atoms with Crippen molar-refractivity contribution in [1.29, 1.82) is 0 Å². The zero-order valence-electron chi connectivity index (χ0n) is 36.8. The van der Waals surface area contributed by atoms with E-state index in [2.05, 4.69) is 184 Å². The molecule has 0 fully saturated rings. The molecule has 0 heterocycles. The van der Waals surface area contributed by atoms with Crippen LogP contribution < -0.4 is 39.7 Å². The molecule has 298 valence electrons. The van der Waals surface area contributed by atoms with E-state index < -0.39 is 18.1 Å². The van der Waals surface area contributed by atoms with Crippen LogP contribution in [0.5, 0.6) is 23.0 Å². The molecule has 0 aliphatic rings. The number of rotatable bonds is 14. The molecular formula is C48H68O5Si2. The molecule has 0 bridgehead atoms. The maximum Gasteiger partial charge on any atom is 0.273 e. The van der Waals surface area contributed by atoms with Crippen molar-refractivity contribution in [2.75, 3.05) is 26.4 Å². The first-order chi connectivity index (χ1) is 25.7. The Morgan fingerprint density at radius 2 is 0.545 bits per heavy atom. The first kappa shape index (κ1) is 44.2. The lowest BCUT2D eigenvalue weighted by atomic mass is 9.86. The van der Waals surface area contributed by atoms with Crippen LogP contribution in [0.1, 0.15) is 133 Å². The van der Waals surface area contributed by atoms with Crippen LogP contribution in [-0.4, -0.2) is 44.5 Å². The van der Waals surface area contributed by atoms with Crippen LogP contribution in [0.15, 0.2) is 72.8 Å². The second-order valence-electron chi connectivity index (χ2n) is 18.2. The molecule has 0 N–H and O–H groups in total. The van der Waals surface area contributed by atoms with Crippen LogP contribution >= 0.6 is 0 Å². The van der Waals surface area contributed by atoms with E-state index >= 15 is 0 Å². The number of hydrogen-bond donors (Lipinski definition) is 0. The third-order valence-corrected chi connectivity index (χ3v) is 14.7. The molecule has 0 saturated heterocycles. The highest BCUT2D eigenvalue weighted by Crippen LogP contribution is 2.36. The highest BCUT2D eigenvalue weighted by molar-refractivity contribution is 6.92. The Kier molecular flexibility index (Phi) is 14.2. The van der Waals surface area contributed by atoms with Gasteiger partial charge in [-0.1, -0.05) is 132 Å². The predicted octanol–water partition coefficient (Wildman–Crippen LogP) is 9.40. The lowest BCUT2D eigenvalue weighted by molar-refractivity contribution is 0.330. The largest absolute Gasteiger partial charge is 0.494 e. The van der Waals surface area contributed by atoms with Crippen LogP contribution in [-0.2, 0) is 25.8 Å². The van der Waals surface area contributed by atoms with Gasteiger partial charge in [0.15, 0.2) is 0 Å². The summed E-state index contributed by atoms with van der Waals surface area (Å²) in [5, 5.41) is 4.78. The van der Waals surface area contributed by atoms with Gasteiger partial charge in [-0.15, -0.1) is 0 Å². The molecule has 0 atom stereocenters. The van der Waals surface area contributed by atoms with Gasteiger partial charge in [-0.05, 0) is 94.4 Å². The Labute approximate surface area is 337 Å². The highest BCUT2D eigenvalue weighted by Gasteiger charge is 2.41. The van der Waals surface area contributed by atoms with E-state index in [-0.39, 0.29) is 21.7 Å². The fourth-order valence-corrected chi connectivity index (χ4v) is 14.7. The van der Waals surface area contributed by atoms with E-state index in [1.807, 2.05) is 0 Å². The smallest absolute Gasteiger partial charge is 0.273 e. The molecule has 0 amide bonds. The second kappa shape index (κ2) is 17.7. The maximum atomic E-state index is 8.25. The fourth-order valence-electron chi connectivity index (χ4n) is 7.69. The normalized spacial score (nSPS) is 12.7. The Morgan fingerprint density at radius 1 is 0.345 bits per heavy atom. The lowest BCUT2D eigenvalue weighted by Crippen LogP contribution is -2.60. The van der Waals surface area contributed by atoms with Crippen molar-refractivity contribution in [3.8, 4) is 23.0 Å². The molecule has 0 spiro atoms. The maximum absolute atomic E-state index is 8.25. The third-order valence-electron chi connectivity index (χ3n) is 9.49. The SMILES string of the molecule is CCOc1cccc([Si](O[Si](c2cccc(OCC)c2C(C)(C)C)c2cccc(OCC)c2C(C)(C)C)c2cccc(OCC)c2C(C)(C)C)c1C(C)(C)C. The minimum atomic E-state index is -2.07.